The highest BCUT2D eigenvalue weighted by atomic mass is 16.6. The number of nitro groups is 1. The summed E-state index contributed by atoms with van der Waals surface area (Å²) in [6.45, 7) is 2.59. The van der Waals surface area contributed by atoms with Gasteiger partial charge in [0.25, 0.3) is 11.6 Å². The molecule has 0 bridgehead atoms. The summed E-state index contributed by atoms with van der Waals surface area (Å²) in [6.07, 6.45) is 0.941. The van der Waals surface area contributed by atoms with Gasteiger partial charge in [0.2, 0.25) is 0 Å². The zero-order chi connectivity index (χ0) is 14.0. The Hall–Kier alpha value is -1.95. The number of piperidine rings is 1. The number of nitro benzene ring substituents is 1. The lowest BCUT2D eigenvalue weighted by atomic mass is 10.1. The standard InChI is InChI=1S/C13H16N2O4/c1-9-5-10(7-11(6-9)15(18)19)13(17)14-4-2-3-12(16)8-14/h5-7,12,16H,2-4,8H2,1H3/t12-/m0/s1. The van der Waals surface area contributed by atoms with E-state index in [-0.39, 0.29) is 11.6 Å². The molecule has 1 amide bonds. The molecule has 0 saturated carbocycles. The summed E-state index contributed by atoms with van der Waals surface area (Å²) in [5, 5.41) is 20.4. The predicted molar refractivity (Wildman–Crippen MR) is 69.0 cm³/mol. The van der Waals surface area contributed by atoms with E-state index in [1.807, 2.05) is 0 Å². The van der Waals surface area contributed by atoms with Crippen molar-refractivity contribution in [3.8, 4) is 0 Å². The van der Waals surface area contributed by atoms with Crippen molar-refractivity contribution >= 4 is 11.6 Å². The lowest BCUT2D eigenvalue weighted by molar-refractivity contribution is -0.384. The van der Waals surface area contributed by atoms with Crippen LogP contribution in [0.3, 0.4) is 0 Å². The van der Waals surface area contributed by atoms with Gasteiger partial charge in [0, 0.05) is 30.8 Å². The van der Waals surface area contributed by atoms with Crippen LogP contribution in [0.15, 0.2) is 18.2 Å². The fourth-order valence-corrected chi connectivity index (χ4v) is 2.31. The van der Waals surface area contributed by atoms with Gasteiger partial charge < -0.3 is 10.0 Å². The van der Waals surface area contributed by atoms with E-state index < -0.39 is 11.0 Å². The van der Waals surface area contributed by atoms with Crippen LogP contribution < -0.4 is 0 Å². The molecule has 1 aromatic carbocycles. The molecule has 2 rings (SSSR count). The quantitative estimate of drug-likeness (QED) is 0.648. The van der Waals surface area contributed by atoms with Gasteiger partial charge in [-0.2, -0.15) is 0 Å². The number of aliphatic hydroxyl groups is 1. The van der Waals surface area contributed by atoms with Crippen molar-refractivity contribution in [1.29, 1.82) is 0 Å². The minimum Gasteiger partial charge on any atom is -0.391 e. The Kier molecular flexibility index (Phi) is 3.80. The Morgan fingerprint density at radius 1 is 1.47 bits per heavy atom. The van der Waals surface area contributed by atoms with Crippen LogP contribution in [-0.4, -0.2) is 40.0 Å². The first-order valence-electron chi connectivity index (χ1n) is 6.21. The zero-order valence-electron chi connectivity index (χ0n) is 10.7. The van der Waals surface area contributed by atoms with Gasteiger partial charge in [-0.3, -0.25) is 14.9 Å². The maximum Gasteiger partial charge on any atom is 0.270 e. The second-order valence-corrected chi connectivity index (χ2v) is 4.86. The van der Waals surface area contributed by atoms with E-state index in [9.17, 15) is 20.0 Å². The Morgan fingerprint density at radius 3 is 2.84 bits per heavy atom. The largest absolute Gasteiger partial charge is 0.391 e. The van der Waals surface area contributed by atoms with Crippen molar-refractivity contribution in [3.05, 3.63) is 39.4 Å². The van der Waals surface area contributed by atoms with Gasteiger partial charge in [-0.1, -0.05) is 0 Å². The van der Waals surface area contributed by atoms with Crippen LogP contribution in [0.2, 0.25) is 0 Å². The van der Waals surface area contributed by atoms with Crippen molar-refractivity contribution in [2.45, 2.75) is 25.9 Å². The van der Waals surface area contributed by atoms with Crippen LogP contribution in [0.25, 0.3) is 0 Å². The smallest absolute Gasteiger partial charge is 0.270 e. The molecule has 1 fully saturated rings. The minimum atomic E-state index is -0.505. The Balaban J connectivity index is 2.25. The molecule has 6 nitrogen and oxygen atoms in total. The number of hydrogen-bond donors (Lipinski definition) is 1. The number of non-ortho nitro benzene ring substituents is 1. The van der Waals surface area contributed by atoms with Crippen molar-refractivity contribution in [3.63, 3.8) is 0 Å². The molecule has 0 aliphatic carbocycles. The zero-order valence-corrected chi connectivity index (χ0v) is 10.7. The fraction of sp³-hybridized carbons (Fsp3) is 0.462. The Bertz CT molecular complexity index is 515. The van der Waals surface area contributed by atoms with Gasteiger partial charge in [0.15, 0.2) is 0 Å². The lowest BCUT2D eigenvalue weighted by Gasteiger charge is -2.30. The molecule has 1 atom stereocenters. The monoisotopic (exact) mass is 264 g/mol. The van der Waals surface area contributed by atoms with E-state index in [0.29, 0.717) is 30.6 Å². The van der Waals surface area contributed by atoms with Gasteiger partial charge in [0.05, 0.1) is 11.0 Å². The summed E-state index contributed by atoms with van der Waals surface area (Å²) >= 11 is 0. The Labute approximate surface area is 110 Å². The van der Waals surface area contributed by atoms with E-state index in [2.05, 4.69) is 0 Å². The average molecular weight is 264 g/mol. The number of amides is 1. The molecule has 1 aromatic rings. The highest BCUT2D eigenvalue weighted by Gasteiger charge is 2.24. The SMILES string of the molecule is Cc1cc(C(=O)N2CCC[C@H](O)C2)cc([N+](=O)[O-])c1. The second kappa shape index (κ2) is 5.36. The number of benzene rings is 1. The number of aliphatic hydroxyl groups excluding tert-OH is 1. The van der Waals surface area contributed by atoms with Crippen molar-refractivity contribution in [2.24, 2.45) is 0 Å². The summed E-state index contributed by atoms with van der Waals surface area (Å²) in [6, 6.07) is 4.36. The average Bonchev–Trinajstić information content (AvgIpc) is 2.37. The highest BCUT2D eigenvalue weighted by molar-refractivity contribution is 5.95. The third-order valence-corrected chi connectivity index (χ3v) is 3.20. The van der Waals surface area contributed by atoms with Crippen LogP contribution in [0, 0.1) is 17.0 Å². The molecule has 0 unspecified atom stereocenters. The van der Waals surface area contributed by atoms with Gasteiger partial charge in [0.1, 0.15) is 0 Å². The van der Waals surface area contributed by atoms with Gasteiger partial charge in [-0.15, -0.1) is 0 Å². The number of aryl methyl sites for hydroxylation is 1. The first-order chi connectivity index (χ1) is 8.97. The number of rotatable bonds is 2. The van der Waals surface area contributed by atoms with Crippen molar-refractivity contribution in [2.75, 3.05) is 13.1 Å². The number of nitrogens with zero attached hydrogens (tertiary/aromatic N) is 2. The molecule has 6 heteroatoms. The summed E-state index contributed by atoms with van der Waals surface area (Å²) in [7, 11) is 0. The third-order valence-electron chi connectivity index (χ3n) is 3.20. The van der Waals surface area contributed by atoms with Gasteiger partial charge in [-0.25, -0.2) is 0 Å². The summed E-state index contributed by atoms with van der Waals surface area (Å²) in [4.78, 5) is 24.1. The topological polar surface area (TPSA) is 83.7 Å². The molecule has 102 valence electrons. The highest BCUT2D eigenvalue weighted by Crippen LogP contribution is 2.20. The molecule has 1 aliphatic heterocycles. The van der Waals surface area contributed by atoms with Crippen molar-refractivity contribution in [1.82, 2.24) is 4.90 Å². The number of β-amino-alcohol motifs (C(OH)–C–C–N with tert-alkyl or cyclic N) is 1. The molecular weight excluding hydrogens is 248 g/mol. The minimum absolute atomic E-state index is 0.0825. The molecule has 1 heterocycles. The van der Waals surface area contributed by atoms with Crippen LogP contribution in [0.1, 0.15) is 28.8 Å². The van der Waals surface area contributed by atoms with Crippen LogP contribution in [0.5, 0.6) is 0 Å². The molecule has 19 heavy (non-hydrogen) atoms. The Morgan fingerprint density at radius 2 is 2.21 bits per heavy atom. The van der Waals surface area contributed by atoms with E-state index in [4.69, 9.17) is 0 Å². The van der Waals surface area contributed by atoms with E-state index in [1.165, 1.54) is 12.1 Å². The number of carbonyl (C=O) groups excluding carboxylic acids is 1. The molecule has 0 radical (unpaired) electrons. The normalized spacial score (nSPS) is 19.3. The maximum absolute atomic E-state index is 12.3. The first-order valence-corrected chi connectivity index (χ1v) is 6.21. The van der Waals surface area contributed by atoms with Crippen LogP contribution >= 0.6 is 0 Å². The van der Waals surface area contributed by atoms with Crippen molar-refractivity contribution < 1.29 is 14.8 Å². The summed E-state index contributed by atoms with van der Waals surface area (Å²) < 4.78 is 0. The predicted octanol–water partition coefficient (Wildman–Crippen LogP) is 1.50. The summed E-state index contributed by atoms with van der Waals surface area (Å²) in [5.74, 6) is -0.259. The molecular formula is C13H16N2O4. The van der Waals surface area contributed by atoms with Crippen LogP contribution in [0.4, 0.5) is 5.69 Å². The van der Waals surface area contributed by atoms with Crippen LogP contribution in [-0.2, 0) is 0 Å². The second-order valence-electron chi connectivity index (χ2n) is 4.86. The number of hydrogen-bond acceptors (Lipinski definition) is 4. The molecule has 1 aliphatic rings. The molecule has 0 aromatic heterocycles. The van der Waals surface area contributed by atoms with Gasteiger partial charge >= 0.3 is 0 Å². The molecule has 0 spiro atoms. The number of likely N-dealkylation sites (tertiary alicyclic amines) is 1. The fourth-order valence-electron chi connectivity index (χ4n) is 2.31. The maximum atomic E-state index is 12.3. The lowest BCUT2D eigenvalue weighted by Crippen LogP contribution is -2.42. The van der Waals surface area contributed by atoms with E-state index in [0.717, 1.165) is 6.42 Å². The summed E-state index contributed by atoms with van der Waals surface area (Å²) in [5.41, 5.74) is 0.900. The third kappa shape index (κ3) is 3.08. The van der Waals surface area contributed by atoms with E-state index >= 15 is 0 Å². The molecule has 1 N–H and O–H groups in total. The first kappa shape index (κ1) is 13.5. The number of carbonyl (C=O) groups is 1. The van der Waals surface area contributed by atoms with E-state index in [1.54, 1.807) is 17.9 Å². The molecule has 1 saturated heterocycles. The van der Waals surface area contributed by atoms with Gasteiger partial charge in [-0.05, 0) is 31.4 Å².